The van der Waals surface area contributed by atoms with E-state index in [0.29, 0.717) is 18.8 Å². The van der Waals surface area contributed by atoms with Crippen molar-refractivity contribution in [3.05, 3.63) is 34.6 Å². The molecule has 9 nitrogen and oxygen atoms in total. The van der Waals surface area contributed by atoms with Gasteiger partial charge in [0.2, 0.25) is 0 Å². The van der Waals surface area contributed by atoms with E-state index in [1.807, 2.05) is 6.07 Å². The van der Waals surface area contributed by atoms with Crippen molar-refractivity contribution in [1.82, 2.24) is 10.2 Å². The number of carbonyl (C=O) groups is 2. The SMILES string of the molecule is CC(C)[C@@H](NC(=O)C1=C(O)[C@@H]2Oc3c(O)ccc4c3[C@@]23CCN(CC2CC2)[C@H](C4)[C@]3(O)C1)C(=O)O. The third kappa shape index (κ3) is 2.94. The number of hydrogen-bond donors (Lipinski definition) is 5. The fourth-order valence-corrected chi connectivity index (χ4v) is 7.11. The molecule has 9 heteroatoms. The van der Waals surface area contributed by atoms with Crippen LogP contribution in [0.3, 0.4) is 0 Å². The van der Waals surface area contributed by atoms with Crippen molar-refractivity contribution in [1.29, 1.82) is 0 Å². The Morgan fingerprint density at radius 1 is 1.26 bits per heavy atom. The molecular weight excluding hydrogens is 452 g/mol. The molecule has 0 unspecified atom stereocenters. The van der Waals surface area contributed by atoms with Gasteiger partial charge in [-0.1, -0.05) is 19.9 Å². The summed E-state index contributed by atoms with van der Waals surface area (Å²) in [6.07, 6.45) is 2.26. The number of hydrogen-bond acceptors (Lipinski definition) is 7. The highest BCUT2D eigenvalue weighted by atomic mass is 16.5. The molecule has 5 atom stereocenters. The zero-order chi connectivity index (χ0) is 24.9. The number of aliphatic carboxylic acids is 1. The van der Waals surface area contributed by atoms with Gasteiger partial charge in [0.05, 0.1) is 16.6 Å². The maximum Gasteiger partial charge on any atom is 0.326 e. The van der Waals surface area contributed by atoms with Gasteiger partial charge in [-0.2, -0.15) is 0 Å². The second kappa shape index (κ2) is 7.36. The van der Waals surface area contributed by atoms with Crippen LogP contribution in [0.4, 0.5) is 0 Å². The first-order valence-electron chi connectivity index (χ1n) is 12.5. The van der Waals surface area contributed by atoms with Crippen molar-refractivity contribution in [2.45, 2.75) is 75.2 Å². The Morgan fingerprint density at radius 2 is 2.00 bits per heavy atom. The van der Waals surface area contributed by atoms with Gasteiger partial charge >= 0.3 is 5.97 Å². The van der Waals surface area contributed by atoms with Crippen LogP contribution in [-0.2, 0) is 21.4 Å². The lowest BCUT2D eigenvalue weighted by Gasteiger charge is -2.62. The molecule has 5 N–H and O–H groups in total. The number of aromatic hydroxyl groups is 1. The minimum absolute atomic E-state index is 0.0472. The summed E-state index contributed by atoms with van der Waals surface area (Å²) in [6, 6.07) is 2.03. The van der Waals surface area contributed by atoms with Gasteiger partial charge in [-0.15, -0.1) is 0 Å². The molecule has 5 aliphatic rings. The van der Waals surface area contributed by atoms with Crippen molar-refractivity contribution in [2.75, 3.05) is 13.1 Å². The summed E-state index contributed by atoms with van der Waals surface area (Å²) in [7, 11) is 0. The van der Waals surface area contributed by atoms with Gasteiger partial charge in [0.15, 0.2) is 17.6 Å². The van der Waals surface area contributed by atoms with Gasteiger partial charge < -0.3 is 30.5 Å². The predicted molar refractivity (Wildman–Crippen MR) is 124 cm³/mol. The third-order valence-corrected chi connectivity index (χ3v) is 9.01. The maximum absolute atomic E-state index is 13.3. The van der Waals surface area contributed by atoms with Crippen LogP contribution in [0.2, 0.25) is 0 Å². The number of ether oxygens (including phenoxy) is 1. The summed E-state index contributed by atoms with van der Waals surface area (Å²) in [6.45, 7) is 4.99. The number of aliphatic hydroxyl groups is 2. The topological polar surface area (TPSA) is 140 Å². The molecule has 1 aromatic carbocycles. The summed E-state index contributed by atoms with van der Waals surface area (Å²) in [4.78, 5) is 27.4. The minimum atomic E-state index is -1.42. The molecule has 35 heavy (non-hydrogen) atoms. The number of nitrogens with one attached hydrogen (secondary N) is 1. The Morgan fingerprint density at radius 3 is 2.66 bits per heavy atom. The summed E-state index contributed by atoms with van der Waals surface area (Å²) < 4.78 is 6.16. The van der Waals surface area contributed by atoms with E-state index in [2.05, 4.69) is 10.2 Å². The maximum atomic E-state index is 13.3. The number of aliphatic hydroxyl groups excluding tert-OH is 1. The average Bonchev–Trinajstić information content (AvgIpc) is 3.53. The monoisotopic (exact) mass is 484 g/mol. The number of benzene rings is 1. The smallest absolute Gasteiger partial charge is 0.326 e. The number of likely N-dealkylation sites (tertiary alicyclic amines) is 1. The number of phenolic OH excluding ortho intramolecular Hbond substituents is 1. The van der Waals surface area contributed by atoms with E-state index < -0.39 is 35.0 Å². The molecule has 2 fully saturated rings. The van der Waals surface area contributed by atoms with Crippen molar-refractivity contribution < 1.29 is 34.8 Å². The van der Waals surface area contributed by atoms with Crippen LogP contribution in [0, 0.1) is 11.8 Å². The van der Waals surface area contributed by atoms with Gasteiger partial charge in [-0.3, -0.25) is 9.69 Å². The van der Waals surface area contributed by atoms with E-state index in [-0.39, 0.29) is 41.2 Å². The highest BCUT2D eigenvalue weighted by Gasteiger charge is 2.73. The van der Waals surface area contributed by atoms with E-state index in [0.717, 1.165) is 24.2 Å². The van der Waals surface area contributed by atoms with Crippen LogP contribution in [0.5, 0.6) is 11.5 Å². The number of rotatable bonds is 6. The Kier molecular flexibility index (Phi) is 4.77. The molecule has 188 valence electrons. The molecule has 0 aromatic heterocycles. The molecule has 2 heterocycles. The Bertz CT molecular complexity index is 1160. The first kappa shape index (κ1) is 22.7. The number of carboxylic acids is 1. The van der Waals surface area contributed by atoms with Crippen LogP contribution < -0.4 is 10.1 Å². The normalized spacial score (nSPS) is 33.8. The quantitative estimate of drug-likeness (QED) is 0.410. The first-order chi connectivity index (χ1) is 16.6. The van der Waals surface area contributed by atoms with Crippen LogP contribution in [-0.4, -0.2) is 74.1 Å². The van der Waals surface area contributed by atoms with E-state index in [1.165, 1.54) is 12.8 Å². The lowest BCUT2D eigenvalue weighted by atomic mass is 9.49. The lowest BCUT2D eigenvalue weighted by Crippen LogP contribution is -2.76. The number of phenols is 1. The molecule has 1 spiro atoms. The largest absolute Gasteiger partial charge is 0.508 e. The first-order valence-corrected chi connectivity index (χ1v) is 12.5. The van der Waals surface area contributed by atoms with Crippen LogP contribution in [0.25, 0.3) is 0 Å². The summed E-state index contributed by atoms with van der Waals surface area (Å²) >= 11 is 0. The second-order valence-corrected chi connectivity index (χ2v) is 11.3. The molecule has 2 bridgehead atoms. The van der Waals surface area contributed by atoms with Gasteiger partial charge in [0.1, 0.15) is 11.8 Å². The Labute approximate surface area is 203 Å². The van der Waals surface area contributed by atoms with E-state index >= 15 is 0 Å². The fourth-order valence-electron chi connectivity index (χ4n) is 7.11. The zero-order valence-corrected chi connectivity index (χ0v) is 20.0. The Hall–Kier alpha value is -2.78. The van der Waals surface area contributed by atoms with Gasteiger partial charge in [-0.05, 0) is 55.7 Å². The highest BCUT2D eigenvalue weighted by Crippen LogP contribution is 2.66. The molecular formula is C26H32N2O7. The summed E-state index contributed by atoms with van der Waals surface area (Å²) in [5.41, 5.74) is -0.732. The number of carbonyl (C=O) groups excluding carboxylic acids is 1. The van der Waals surface area contributed by atoms with Crippen molar-refractivity contribution >= 4 is 11.9 Å². The molecule has 1 saturated heterocycles. The van der Waals surface area contributed by atoms with E-state index in [1.54, 1.807) is 19.9 Å². The van der Waals surface area contributed by atoms with Gasteiger partial charge in [-0.25, -0.2) is 4.79 Å². The molecule has 1 amide bonds. The lowest BCUT2D eigenvalue weighted by molar-refractivity contribution is -0.172. The molecule has 0 radical (unpaired) electrons. The Balaban J connectivity index is 1.47. The van der Waals surface area contributed by atoms with Crippen LogP contribution in [0.1, 0.15) is 50.7 Å². The van der Waals surface area contributed by atoms with E-state index in [4.69, 9.17) is 4.74 Å². The number of nitrogens with zero attached hydrogens (tertiary/aromatic N) is 1. The fraction of sp³-hybridized carbons (Fsp3) is 0.615. The van der Waals surface area contributed by atoms with Gasteiger partial charge in [0.25, 0.3) is 5.91 Å². The van der Waals surface area contributed by atoms with Crippen molar-refractivity contribution in [3.63, 3.8) is 0 Å². The average molecular weight is 485 g/mol. The molecule has 3 aliphatic carbocycles. The van der Waals surface area contributed by atoms with Crippen LogP contribution in [0.15, 0.2) is 23.5 Å². The second-order valence-electron chi connectivity index (χ2n) is 11.3. The van der Waals surface area contributed by atoms with Crippen LogP contribution >= 0.6 is 0 Å². The number of amides is 1. The summed E-state index contributed by atoms with van der Waals surface area (Å²) in [5, 5.41) is 46.6. The van der Waals surface area contributed by atoms with Gasteiger partial charge in [0, 0.05) is 24.6 Å². The minimum Gasteiger partial charge on any atom is -0.508 e. The molecule has 1 saturated carbocycles. The highest BCUT2D eigenvalue weighted by molar-refractivity contribution is 5.97. The molecule has 6 rings (SSSR count). The van der Waals surface area contributed by atoms with Crippen molar-refractivity contribution in [3.8, 4) is 11.5 Å². The third-order valence-electron chi connectivity index (χ3n) is 9.01. The number of carboxylic acid groups (broad SMARTS) is 1. The number of piperidine rings is 1. The zero-order valence-electron chi connectivity index (χ0n) is 20.0. The van der Waals surface area contributed by atoms with E-state index in [9.17, 15) is 30.0 Å². The standard InChI is InChI=1S/C26H32N2O7/c1-12(2)19(24(32)33)27-23(31)15-10-26(34)17-9-14-5-6-16(29)21-18(14)25(26,22(35-21)20(15)30)7-8-28(17)11-13-3-4-13/h5-6,12-13,17,19,22,29-30,34H,3-4,7-11H2,1-2H3,(H,27,31)(H,32,33)/t17-,19-,22+,25+,26-/m1/s1. The summed E-state index contributed by atoms with van der Waals surface area (Å²) in [5.74, 6) is -1.73. The predicted octanol–water partition coefficient (Wildman–Crippen LogP) is 1.60. The van der Waals surface area contributed by atoms with Crippen molar-refractivity contribution in [2.24, 2.45) is 11.8 Å². The molecule has 1 aromatic rings. The molecule has 2 aliphatic heterocycles.